The van der Waals surface area contributed by atoms with Gasteiger partial charge in [0.05, 0.1) is 11.2 Å². The van der Waals surface area contributed by atoms with E-state index < -0.39 is 0 Å². The molecule has 0 fully saturated rings. The third-order valence-corrected chi connectivity index (χ3v) is 8.71. The number of hydrogen-bond donors (Lipinski definition) is 0. The van der Waals surface area contributed by atoms with Crippen LogP contribution in [0.15, 0.2) is 170 Å². The fourth-order valence-electron chi connectivity index (χ4n) is 6.29. The van der Waals surface area contributed by atoms with Gasteiger partial charge in [0.1, 0.15) is 11.5 Å². The van der Waals surface area contributed by atoms with Crippen LogP contribution in [0.5, 0.6) is 0 Å². The van der Waals surface area contributed by atoms with Gasteiger partial charge in [-0.1, -0.05) is 133 Å². The highest BCUT2D eigenvalue weighted by atomic mass is 15.1. The fourth-order valence-corrected chi connectivity index (χ4v) is 6.29. The van der Waals surface area contributed by atoms with Crippen LogP contribution in [0.25, 0.3) is 84.5 Å². The number of nitrogens with zero attached hydrogens (tertiary/aromatic N) is 6. The summed E-state index contributed by atoms with van der Waals surface area (Å²) in [5, 5.41) is 1.06. The second-order valence-electron chi connectivity index (χ2n) is 11.8. The maximum absolute atomic E-state index is 5.20. The molecule has 230 valence electrons. The van der Waals surface area contributed by atoms with E-state index in [2.05, 4.69) is 83.3 Å². The molecule has 0 saturated heterocycles. The van der Waals surface area contributed by atoms with Gasteiger partial charge in [0.25, 0.3) is 0 Å². The van der Waals surface area contributed by atoms with E-state index in [4.69, 9.17) is 24.9 Å². The van der Waals surface area contributed by atoms with Gasteiger partial charge in [-0.25, -0.2) is 24.9 Å². The standard InChI is InChI=1S/C43H28N6/c1-4-12-30(13-5-1)38-37-26-25-33-20-11-27-44-42(33)49(37)43(45-38)34-23-21-29(22-24-34)35-18-10-19-36(28-35)41-47-39(31-14-6-2-7-15-31)46-40(48-41)32-16-8-3-9-17-32/h1-28H. The highest BCUT2D eigenvalue weighted by Gasteiger charge is 2.18. The van der Waals surface area contributed by atoms with Crippen LogP contribution in [-0.4, -0.2) is 29.3 Å². The number of aromatic nitrogens is 6. The number of hydrogen-bond acceptors (Lipinski definition) is 5. The molecule has 0 atom stereocenters. The molecule has 0 radical (unpaired) electrons. The smallest absolute Gasteiger partial charge is 0.164 e. The zero-order valence-electron chi connectivity index (χ0n) is 26.3. The zero-order valence-corrected chi connectivity index (χ0v) is 26.3. The Balaban J connectivity index is 1.12. The molecular formula is C43H28N6. The van der Waals surface area contributed by atoms with Crippen molar-refractivity contribution in [3.8, 4) is 67.9 Å². The van der Waals surface area contributed by atoms with Gasteiger partial charge in [-0.2, -0.15) is 0 Å². The lowest BCUT2D eigenvalue weighted by atomic mass is 10.0. The van der Waals surface area contributed by atoms with Crippen molar-refractivity contribution in [3.63, 3.8) is 0 Å². The highest BCUT2D eigenvalue weighted by Crippen LogP contribution is 2.34. The van der Waals surface area contributed by atoms with Crippen molar-refractivity contribution in [2.75, 3.05) is 0 Å². The lowest BCUT2D eigenvalue weighted by Crippen LogP contribution is -2.00. The third-order valence-electron chi connectivity index (χ3n) is 8.71. The number of rotatable bonds is 6. The second-order valence-corrected chi connectivity index (χ2v) is 11.8. The van der Waals surface area contributed by atoms with Crippen LogP contribution < -0.4 is 0 Å². The van der Waals surface area contributed by atoms with Crippen LogP contribution in [-0.2, 0) is 0 Å². The number of imidazole rings is 1. The van der Waals surface area contributed by atoms with E-state index in [9.17, 15) is 0 Å². The summed E-state index contributed by atoms with van der Waals surface area (Å²) in [6, 6.07) is 55.6. The summed E-state index contributed by atoms with van der Waals surface area (Å²) in [7, 11) is 0. The molecule has 9 aromatic rings. The van der Waals surface area contributed by atoms with E-state index in [1.807, 2.05) is 91.1 Å². The molecule has 0 bridgehead atoms. The van der Waals surface area contributed by atoms with Crippen molar-refractivity contribution in [3.05, 3.63) is 170 Å². The molecule has 0 aliphatic heterocycles. The van der Waals surface area contributed by atoms with Crippen LogP contribution in [0.1, 0.15) is 0 Å². The SMILES string of the molecule is c1ccc(-c2nc(-c3ccccc3)nc(-c3cccc(-c4ccc(-c5nc(-c6ccccc6)c6ccc7cccnc7n56)cc4)c3)n2)cc1. The van der Waals surface area contributed by atoms with Crippen LogP contribution >= 0.6 is 0 Å². The average molecular weight is 629 g/mol. The molecule has 0 N–H and O–H groups in total. The van der Waals surface area contributed by atoms with Crippen LogP contribution in [0.2, 0.25) is 0 Å². The molecule has 0 amide bonds. The lowest BCUT2D eigenvalue weighted by Gasteiger charge is -2.10. The number of pyridine rings is 2. The van der Waals surface area contributed by atoms with Crippen molar-refractivity contribution in [2.45, 2.75) is 0 Å². The van der Waals surface area contributed by atoms with E-state index >= 15 is 0 Å². The minimum absolute atomic E-state index is 0.628. The maximum Gasteiger partial charge on any atom is 0.164 e. The Kier molecular flexibility index (Phi) is 7.02. The first-order valence-corrected chi connectivity index (χ1v) is 16.2. The maximum atomic E-state index is 5.20. The Labute approximate surface area is 283 Å². The zero-order chi connectivity index (χ0) is 32.6. The Hall–Kier alpha value is -6.79. The second kappa shape index (κ2) is 12.1. The van der Waals surface area contributed by atoms with Crippen LogP contribution in [0.3, 0.4) is 0 Å². The van der Waals surface area contributed by atoms with Gasteiger partial charge in [0, 0.05) is 39.4 Å². The quantitative estimate of drug-likeness (QED) is 0.183. The number of benzene rings is 5. The molecule has 4 heterocycles. The summed E-state index contributed by atoms with van der Waals surface area (Å²) in [6.07, 6.45) is 1.84. The molecule has 0 spiro atoms. The lowest BCUT2D eigenvalue weighted by molar-refractivity contribution is 1.07. The van der Waals surface area contributed by atoms with Crippen LogP contribution in [0, 0.1) is 0 Å². The largest absolute Gasteiger partial charge is 0.276 e. The first-order valence-electron chi connectivity index (χ1n) is 16.2. The summed E-state index contributed by atoms with van der Waals surface area (Å²) in [4.78, 5) is 24.7. The third kappa shape index (κ3) is 5.31. The minimum atomic E-state index is 0.628. The molecule has 0 saturated carbocycles. The molecule has 6 heteroatoms. The minimum Gasteiger partial charge on any atom is -0.276 e. The number of fused-ring (bicyclic) bond motifs is 3. The van der Waals surface area contributed by atoms with Gasteiger partial charge >= 0.3 is 0 Å². The highest BCUT2D eigenvalue weighted by molar-refractivity contribution is 5.89. The van der Waals surface area contributed by atoms with Gasteiger partial charge in [0.15, 0.2) is 17.5 Å². The summed E-state index contributed by atoms with van der Waals surface area (Å²) >= 11 is 0. The van der Waals surface area contributed by atoms with E-state index in [1.54, 1.807) is 0 Å². The predicted molar refractivity (Wildman–Crippen MR) is 196 cm³/mol. The first-order chi connectivity index (χ1) is 24.3. The van der Waals surface area contributed by atoms with Gasteiger partial charge in [-0.15, -0.1) is 0 Å². The molecular weight excluding hydrogens is 601 g/mol. The normalized spacial score (nSPS) is 11.3. The van der Waals surface area contributed by atoms with Crippen molar-refractivity contribution in [2.24, 2.45) is 0 Å². The molecule has 0 aliphatic carbocycles. The van der Waals surface area contributed by atoms with Gasteiger partial charge < -0.3 is 0 Å². The van der Waals surface area contributed by atoms with E-state index in [0.717, 1.165) is 67.0 Å². The molecule has 6 nitrogen and oxygen atoms in total. The van der Waals surface area contributed by atoms with Crippen molar-refractivity contribution in [1.82, 2.24) is 29.3 Å². The average Bonchev–Trinajstić information content (AvgIpc) is 3.59. The summed E-state index contributed by atoms with van der Waals surface area (Å²) < 4.78 is 2.17. The Morgan fingerprint density at radius 1 is 0.367 bits per heavy atom. The molecule has 49 heavy (non-hydrogen) atoms. The predicted octanol–water partition coefficient (Wildman–Crippen LogP) is 10.1. The monoisotopic (exact) mass is 628 g/mol. The molecule has 0 unspecified atom stereocenters. The Morgan fingerprint density at radius 3 is 1.57 bits per heavy atom. The first kappa shape index (κ1) is 28.4. The van der Waals surface area contributed by atoms with E-state index in [0.29, 0.717) is 17.5 Å². The summed E-state index contributed by atoms with van der Waals surface area (Å²) in [5.41, 5.74) is 9.86. The van der Waals surface area contributed by atoms with E-state index in [-0.39, 0.29) is 0 Å². The van der Waals surface area contributed by atoms with Crippen molar-refractivity contribution < 1.29 is 0 Å². The topological polar surface area (TPSA) is 68.9 Å². The van der Waals surface area contributed by atoms with E-state index in [1.165, 1.54) is 0 Å². The summed E-state index contributed by atoms with van der Waals surface area (Å²) in [6.45, 7) is 0. The molecule has 9 rings (SSSR count). The fraction of sp³-hybridized carbons (Fsp3) is 0. The van der Waals surface area contributed by atoms with Crippen molar-refractivity contribution in [1.29, 1.82) is 0 Å². The molecule has 5 aromatic carbocycles. The molecule has 4 aromatic heterocycles. The van der Waals surface area contributed by atoms with Crippen molar-refractivity contribution >= 4 is 16.6 Å². The Morgan fingerprint density at radius 2 is 0.918 bits per heavy atom. The Bertz CT molecular complexity index is 2520. The van der Waals surface area contributed by atoms with Gasteiger partial charge in [-0.05, 0) is 41.5 Å². The summed E-state index contributed by atoms with van der Waals surface area (Å²) in [5.74, 6) is 2.76. The van der Waals surface area contributed by atoms with Gasteiger partial charge in [0.2, 0.25) is 0 Å². The van der Waals surface area contributed by atoms with Gasteiger partial charge in [-0.3, -0.25) is 4.40 Å². The molecule has 0 aliphatic rings. The van der Waals surface area contributed by atoms with Crippen LogP contribution in [0.4, 0.5) is 0 Å².